The predicted molar refractivity (Wildman–Crippen MR) is 46.3 cm³/mol. The van der Waals surface area contributed by atoms with Crippen molar-refractivity contribution in [2.75, 3.05) is 0 Å². The summed E-state index contributed by atoms with van der Waals surface area (Å²) in [5.74, 6) is 0.857. The lowest BCUT2D eigenvalue weighted by atomic mass is 9.82. The molecule has 0 aromatic heterocycles. The summed E-state index contributed by atoms with van der Waals surface area (Å²) < 4.78 is 0. The summed E-state index contributed by atoms with van der Waals surface area (Å²) in [6.45, 7) is 4.19. The standard InChI is InChI=1S/C10H16O/c1-8-3-5-10(6-4-8)9(2)7-11/h3,7,9-10H,4-6H2,1-2H3/t9-,10-/m0/s1. The molecular weight excluding hydrogens is 136 g/mol. The molecule has 1 heteroatoms. The van der Waals surface area contributed by atoms with Gasteiger partial charge >= 0.3 is 0 Å². The van der Waals surface area contributed by atoms with Crippen molar-refractivity contribution in [2.45, 2.75) is 33.1 Å². The molecule has 0 unspecified atom stereocenters. The van der Waals surface area contributed by atoms with Crippen LogP contribution >= 0.6 is 0 Å². The van der Waals surface area contributed by atoms with Crippen LogP contribution in [0.15, 0.2) is 11.6 Å². The zero-order chi connectivity index (χ0) is 8.27. The third-order valence-corrected chi connectivity index (χ3v) is 2.64. The Bertz CT molecular complexity index is 170. The molecule has 0 fully saturated rings. The first kappa shape index (κ1) is 8.51. The van der Waals surface area contributed by atoms with Gasteiger partial charge < -0.3 is 4.79 Å². The lowest BCUT2D eigenvalue weighted by molar-refractivity contribution is -0.112. The van der Waals surface area contributed by atoms with Gasteiger partial charge in [-0.1, -0.05) is 18.6 Å². The fourth-order valence-electron chi connectivity index (χ4n) is 1.57. The minimum absolute atomic E-state index is 0.249. The second-order valence-electron chi connectivity index (χ2n) is 3.58. The summed E-state index contributed by atoms with van der Waals surface area (Å²) in [5, 5.41) is 0. The Morgan fingerprint density at radius 1 is 1.73 bits per heavy atom. The van der Waals surface area contributed by atoms with E-state index in [9.17, 15) is 4.79 Å². The highest BCUT2D eigenvalue weighted by atomic mass is 16.1. The molecule has 1 rings (SSSR count). The minimum atomic E-state index is 0.249. The Kier molecular flexibility index (Phi) is 2.86. The van der Waals surface area contributed by atoms with Crippen LogP contribution in [0.5, 0.6) is 0 Å². The number of rotatable bonds is 2. The molecule has 1 aliphatic carbocycles. The van der Waals surface area contributed by atoms with Gasteiger partial charge in [0.15, 0.2) is 0 Å². The van der Waals surface area contributed by atoms with Crippen LogP contribution in [0.3, 0.4) is 0 Å². The first-order chi connectivity index (χ1) is 5.24. The summed E-state index contributed by atoms with van der Waals surface area (Å²) in [7, 11) is 0. The highest BCUT2D eigenvalue weighted by molar-refractivity contribution is 5.53. The van der Waals surface area contributed by atoms with E-state index in [4.69, 9.17) is 0 Å². The number of aldehydes is 1. The molecule has 0 heterocycles. The Morgan fingerprint density at radius 2 is 2.45 bits per heavy atom. The monoisotopic (exact) mass is 152 g/mol. The maximum atomic E-state index is 10.5. The Balaban J connectivity index is 2.46. The van der Waals surface area contributed by atoms with Crippen LogP contribution in [0.1, 0.15) is 33.1 Å². The van der Waals surface area contributed by atoms with Crippen molar-refractivity contribution < 1.29 is 4.79 Å². The molecule has 1 nitrogen and oxygen atoms in total. The second-order valence-corrected chi connectivity index (χ2v) is 3.58. The van der Waals surface area contributed by atoms with E-state index in [0.29, 0.717) is 5.92 Å². The van der Waals surface area contributed by atoms with Crippen LogP contribution in [0, 0.1) is 11.8 Å². The first-order valence-corrected chi connectivity index (χ1v) is 4.35. The van der Waals surface area contributed by atoms with Gasteiger partial charge in [-0.15, -0.1) is 0 Å². The van der Waals surface area contributed by atoms with E-state index < -0.39 is 0 Å². The molecule has 0 radical (unpaired) electrons. The SMILES string of the molecule is CC1=CC[C@H]([C@@H](C)C=O)CC1. The van der Waals surface area contributed by atoms with Gasteiger partial charge in [-0.25, -0.2) is 0 Å². The van der Waals surface area contributed by atoms with E-state index in [1.54, 1.807) is 0 Å². The lowest BCUT2D eigenvalue weighted by Crippen LogP contribution is -2.15. The molecule has 62 valence electrons. The van der Waals surface area contributed by atoms with Crippen molar-refractivity contribution >= 4 is 6.29 Å². The van der Waals surface area contributed by atoms with Gasteiger partial charge in [0.1, 0.15) is 6.29 Å². The second kappa shape index (κ2) is 3.70. The maximum absolute atomic E-state index is 10.5. The van der Waals surface area contributed by atoms with Crippen LogP contribution in [0.4, 0.5) is 0 Å². The molecule has 1 aliphatic rings. The molecule has 0 amide bonds. The fourth-order valence-corrected chi connectivity index (χ4v) is 1.57. The van der Waals surface area contributed by atoms with E-state index in [2.05, 4.69) is 13.0 Å². The summed E-state index contributed by atoms with van der Waals surface area (Å²) in [5.41, 5.74) is 1.49. The third-order valence-electron chi connectivity index (χ3n) is 2.64. The maximum Gasteiger partial charge on any atom is 0.123 e. The number of hydrogen-bond donors (Lipinski definition) is 0. The predicted octanol–water partition coefficient (Wildman–Crippen LogP) is 2.57. The highest BCUT2D eigenvalue weighted by Gasteiger charge is 2.18. The average molecular weight is 152 g/mol. The summed E-state index contributed by atoms with van der Waals surface area (Å²) in [6, 6.07) is 0. The van der Waals surface area contributed by atoms with Gasteiger partial charge in [0.25, 0.3) is 0 Å². The summed E-state index contributed by atoms with van der Waals surface area (Å²) >= 11 is 0. The van der Waals surface area contributed by atoms with E-state index >= 15 is 0 Å². The molecule has 0 saturated carbocycles. The molecule has 0 bridgehead atoms. The molecular formula is C10H16O. The van der Waals surface area contributed by atoms with Crippen molar-refractivity contribution in [2.24, 2.45) is 11.8 Å². The molecule has 0 N–H and O–H groups in total. The van der Waals surface area contributed by atoms with Crippen LogP contribution < -0.4 is 0 Å². The molecule has 2 atom stereocenters. The molecule has 0 saturated heterocycles. The van der Waals surface area contributed by atoms with Crippen LogP contribution in [-0.4, -0.2) is 6.29 Å². The van der Waals surface area contributed by atoms with Gasteiger partial charge in [-0.2, -0.15) is 0 Å². The first-order valence-electron chi connectivity index (χ1n) is 4.35. The van der Waals surface area contributed by atoms with Crippen LogP contribution in [0.25, 0.3) is 0 Å². The fraction of sp³-hybridized carbons (Fsp3) is 0.700. The van der Waals surface area contributed by atoms with Gasteiger partial charge in [0, 0.05) is 5.92 Å². The van der Waals surface area contributed by atoms with E-state index in [-0.39, 0.29) is 5.92 Å². The molecule has 0 aromatic carbocycles. The van der Waals surface area contributed by atoms with Crippen LogP contribution in [-0.2, 0) is 4.79 Å². The zero-order valence-corrected chi connectivity index (χ0v) is 7.34. The van der Waals surface area contributed by atoms with E-state index in [0.717, 1.165) is 12.7 Å². The largest absolute Gasteiger partial charge is 0.303 e. The number of allylic oxidation sites excluding steroid dienone is 2. The van der Waals surface area contributed by atoms with Gasteiger partial charge in [-0.3, -0.25) is 0 Å². The Labute approximate surface area is 68.5 Å². The van der Waals surface area contributed by atoms with Gasteiger partial charge in [0.2, 0.25) is 0 Å². The minimum Gasteiger partial charge on any atom is -0.303 e. The summed E-state index contributed by atoms with van der Waals surface area (Å²) in [6.07, 6.45) is 6.84. The van der Waals surface area contributed by atoms with Crippen molar-refractivity contribution in [3.63, 3.8) is 0 Å². The Morgan fingerprint density at radius 3 is 2.91 bits per heavy atom. The van der Waals surface area contributed by atoms with Gasteiger partial charge in [0.05, 0.1) is 0 Å². The quantitative estimate of drug-likeness (QED) is 0.439. The van der Waals surface area contributed by atoms with Gasteiger partial charge in [-0.05, 0) is 32.1 Å². The lowest BCUT2D eigenvalue weighted by Gasteiger charge is -2.22. The highest BCUT2D eigenvalue weighted by Crippen LogP contribution is 2.27. The molecule has 0 aromatic rings. The molecule has 0 spiro atoms. The zero-order valence-electron chi connectivity index (χ0n) is 7.34. The van der Waals surface area contributed by atoms with Crippen LogP contribution in [0.2, 0.25) is 0 Å². The van der Waals surface area contributed by atoms with E-state index in [1.165, 1.54) is 18.4 Å². The molecule has 0 aliphatic heterocycles. The number of hydrogen-bond acceptors (Lipinski definition) is 1. The summed E-state index contributed by atoms with van der Waals surface area (Å²) in [4.78, 5) is 10.5. The topological polar surface area (TPSA) is 17.1 Å². The Hall–Kier alpha value is -0.590. The normalized spacial score (nSPS) is 27.5. The van der Waals surface area contributed by atoms with Crippen molar-refractivity contribution in [3.05, 3.63) is 11.6 Å². The number of carbonyl (C=O) groups is 1. The van der Waals surface area contributed by atoms with E-state index in [1.807, 2.05) is 6.92 Å². The molecule has 11 heavy (non-hydrogen) atoms. The smallest absolute Gasteiger partial charge is 0.123 e. The average Bonchev–Trinajstić information content (AvgIpc) is 2.05. The van der Waals surface area contributed by atoms with Crippen molar-refractivity contribution in [1.82, 2.24) is 0 Å². The number of carbonyl (C=O) groups excluding carboxylic acids is 1. The van der Waals surface area contributed by atoms with Crippen molar-refractivity contribution in [1.29, 1.82) is 0 Å². The third kappa shape index (κ3) is 2.18. The van der Waals surface area contributed by atoms with Crippen molar-refractivity contribution in [3.8, 4) is 0 Å².